The third-order valence-corrected chi connectivity index (χ3v) is 3.57. The SMILES string of the molecule is CCCC(C)(N)C(=O)NCc1ccc(Oc2ccc(F)cc2)nc1. The van der Waals surface area contributed by atoms with Crippen LogP contribution in [0, 0.1) is 5.82 Å². The van der Waals surface area contributed by atoms with Crippen molar-refractivity contribution in [2.24, 2.45) is 5.73 Å². The summed E-state index contributed by atoms with van der Waals surface area (Å²) in [5, 5.41) is 2.81. The lowest BCUT2D eigenvalue weighted by atomic mass is 9.96. The number of rotatable bonds is 7. The number of benzene rings is 1. The Labute approximate surface area is 141 Å². The highest BCUT2D eigenvalue weighted by atomic mass is 19.1. The van der Waals surface area contributed by atoms with Crippen LogP contribution in [-0.2, 0) is 11.3 Å². The molecule has 24 heavy (non-hydrogen) atoms. The van der Waals surface area contributed by atoms with Gasteiger partial charge in [-0.3, -0.25) is 4.79 Å². The summed E-state index contributed by atoms with van der Waals surface area (Å²) in [7, 11) is 0. The highest BCUT2D eigenvalue weighted by molar-refractivity contribution is 5.85. The van der Waals surface area contributed by atoms with Crippen LogP contribution in [0.25, 0.3) is 0 Å². The van der Waals surface area contributed by atoms with Gasteiger partial charge in [-0.15, -0.1) is 0 Å². The maximum absolute atomic E-state index is 12.8. The molecule has 0 spiro atoms. The second-order valence-electron chi connectivity index (χ2n) is 5.91. The lowest BCUT2D eigenvalue weighted by Crippen LogP contribution is -2.51. The van der Waals surface area contributed by atoms with Gasteiger partial charge in [0, 0.05) is 18.8 Å². The topological polar surface area (TPSA) is 77.2 Å². The minimum absolute atomic E-state index is 0.184. The van der Waals surface area contributed by atoms with E-state index in [1.165, 1.54) is 24.3 Å². The van der Waals surface area contributed by atoms with E-state index in [-0.39, 0.29) is 11.7 Å². The Morgan fingerprint density at radius 2 is 2.00 bits per heavy atom. The fourth-order valence-corrected chi connectivity index (χ4v) is 2.22. The second kappa shape index (κ2) is 7.88. The number of nitrogens with zero attached hydrogens (tertiary/aromatic N) is 1. The van der Waals surface area contributed by atoms with Gasteiger partial charge in [0.05, 0.1) is 5.54 Å². The fraction of sp³-hybridized carbons (Fsp3) is 0.333. The van der Waals surface area contributed by atoms with Gasteiger partial charge < -0.3 is 15.8 Å². The zero-order valence-corrected chi connectivity index (χ0v) is 13.9. The van der Waals surface area contributed by atoms with E-state index in [2.05, 4.69) is 10.3 Å². The Hall–Kier alpha value is -2.47. The average Bonchev–Trinajstić information content (AvgIpc) is 2.56. The average molecular weight is 331 g/mol. The Kier molecular flexibility index (Phi) is 5.87. The largest absolute Gasteiger partial charge is 0.439 e. The molecule has 2 aromatic rings. The number of nitrogens with one attached hydrogen (secondary N) is 1. The molecule has 1 atom stereocenters. The van der Waals surface area contributed by atoms with Gasteiger partial charge in [0.15, 0.2) is 0 Å². The molecule has 0 bridgehead atoms. The maximum atomic E-state index is 12.8. The monoisotopic (exact) mass is 331 g/mol. The zero-order valence-electron chi connectivity index (χ0n) is 13.9. The van der Waals surface area contributed by atoms with E-state index in [9.17, 15) is 9.18 Å². The molecule has 6 heteroatoms. The molecule has 2 rings (SSSR count). The van der Waals surface area contributed by atoms with Crippen molar-refractivity contribution in [3.63, 3.8) is 0 Å². The highest BCUT2D eigenvalue weighted by Gasteiger charge is 2.26. The molecule has 3 N–H and O–H groups in total. The van der Waals surface area contributed by atoms with Gasteiger partial charge in [-0.2, -0.15) is 0 Å². The van der Waals surface area contributed by atoms with E-state index in [1.807, 2.05) is 6.92 Å². The number of ether oxygens (including phenoxy) is 1. The van der Waals surface area contributed by atoms with Crippen molar-refractivity contribution in [3.8, 4) is 11.6 Å². The lowest BCUT2D eigenvalue weighted by molar-refractivity contribution is -0.126. The summed E-state index contributed by atoms with van der Waals surface area (Å²) in [5.41, 5.74) is 5.95. The van der Waals surface area contributed by atoms with Crippen molar-refractivity contribution < 1.29 is 13.9 Å². The molecule has 0 aliphatic heterocycles. The van der Waals surface area contributed by atoms with E-state index in [1.54, 1.807) is 25.3 Å². The van der Waals surface area contributed by atoms with Gasteiger partial charge in [-0.1, -0.05) is 19.4 Å². The normalized spacial score (nSPS) is 13.2. The van der Waals surface area contributed by atoms with Gasteiger partial charge >= 0.3 is 0 Å². The summed E-state index contributed by atoms with van der Waals surface area (Å²) in [6, 6.07) is 9.19. The first-order valence-electron chi connectivity index (χ1n) is 7.86. The minimum Gasteiger partial charge on any atom is -0.439 e. The van der Waals surface area contributed by atoms with E-state index in [0.717, 1.165) is 12.0 Å². The minimum atomic E-state index is -0.867. The number of carbonyl (C=O) groups excluding carboxylic acids is 1. The molecule has 5 nitrogen and oxygen atoms in total. The summed E-state index contributed by atoms with van der Waals surface area (Å²) in [6.45, 7) is 4.06. The summed E-state index contributed by atoms with van der Waals surface area (Å²) in [6.07, 6.45) is 3.09. The smallest absolute Gasteiger partial charge is 0.240 e. The van der Waals surface area contributed by atoms with Crippen LogP contribution in [0.2, 0.25) is 0 Å². The molecule has 0 saturated carbocycles. The number of hydrogen-bond donors (Lipinski definition) is 2. The molecule has 0 aliphatic rings. The van der Waals surface area contributed by atoms with Crippen molar-refractivity contribution in [1.29, 1.82) is 0 Å². The van der Waals surface area contributed by atoms with Gasteiger partial charge in [0.1, 0.15) is 11.6 Å². The zero-order chi connectivity index (χ0) is 17.6. The van der Waals surface area contributed by atoms with Gasteiger partial charge in [0.25, 0.3) is 0 Å². The van der Waals surface area contributed by atoms with Crippen LogP contribution in [0.1, 0.15) is 32.3 Å². The predicted octanol–water partition coefficient (Wildman–Crippen LogP) is 3.15. The number of carbonyl (C=O) groups is 1. The van der Waals surface area contributed by atoms with Crippen molar-refractivity contribution in [1.82, 2.24) is 10.3 Å². The van der Waals surface area contributed by atoms with E-state index < -0.39 is 5.54 Å². The first-order chi connectivity index (χ1) is 11.4. The first kappa shape index (κ1) is 17.9. The summed E-state index contributed by atoms with van der Waals surface area (Å²) >= 11 is 0. The maximum Gasteiger partial charge on any atom is 0.240 e. The molecule has 0 fully saturated rings. The van der Waals surface area contributed by atoms with Crippen LogP contribution in [0.15, 0.2) is 42.6 Å². The summed E-state index contributed by atoms with van der Waals surface area (Å²) in [4.78, 5) is 16.2. The molecule has 1 unspecified atom stereocenters. The number of aromatic nitrogens is 1. The first-order valence-corrected chi connectivity index (χ1v) is 7.86. The summed E-state index contributed by atoms with van der Waals surface area (Å²) < 4.78 is 18.4. The molecular formula is C18H22FN3O2. The predicted molar refractivity (Wildman–Crippen MR) is 90.1 cm³/mol. The fourth-order valence-electron chi connectivity index (χ4n) is 2.22. The lowest BCUT2D eigenvalue weighted by Gasteiger charge is -2.22. The molecule has 0 aliphatic carbocycles. The highest BCUT2D eigenvalue weighted by Crippen LogP contribution is 2.19. The van der Waals surface area contributed by atoms with Gasteiger partial charge in [0.2, 0.25) is 11.8 Å². The van der Waals surface area contributed by atoms with E-state index >= 15 is 0 Å². The van der Waals surface area contributed by atoms with Crippen molar-refractivity contribution in [3.05, 3.63) is 54.0 Å². The van der Waals surface area contributed by atoms with Crippen molar-refractivity contribution in [2.75, 3.05) is 0 Å². The quantitative estimate of drug-likeness (QED) is 0.817. The van der Waals surface area contributed by atoms with Crippen LogP contribution >= 0.6 is 0 Å². The van der Waals surface area contributed by atoms with Crippen LogP contribution in [0.5, 0.6) is 11.6 Å². The van der Waals surface area contributed by atoms with Gasteiger partial charge in [-0.05, 0) is 43.2 Å². The van der Waals surface area contributed by atoms with E-state index in [4.69, 9.17) is 10.5 Å². The molecule has 1 aromatic carbocycles. The summed E-state index contributed by atoms with van der Waals surface area (Å²) in [5.74, 6) is 0.391. The molecule has 128 valence electrons. The standard InChI is InChI=1S/C18H22FN3O2/c1-3-10-18(2,20)17(23)22-12-13-4-9-16(21-11-13)24-15-7-5-14(19)6-8-15/h4-9,11H,3,10,12,20H2,1-2H3,(H,22,23). The van der Waals surface area contributed by atoms with Crippen LogP contribution in [0.4, 0.5) is 4.39 Å². The Bertz CT molecular complexity index is 670. The third-order valence-electron chi connectivity index (χ3n) is 3.57. The third kappa shape index (κ3) is 5.03. The number of amides is 1. The molecule has 0 saturated heterocycles. The van der Waals surface area contributed by atoms with E-state index in [0.29, 0.717) is 24.6 Å². The Balaban J connectivity index is 1.90. The number of halogens is 1. The van der Waals surface area contributed by atoms with Crippen molar-refractivity contribution in [2.45, 2.75) is 38.8 Å². The molecule has 0 radical (unpaired) electrons. The number of nitrogens with two attached hydrogens (primary N) is 1. The van der Waals surface area contributed by atoms with Gasteiger partial charge in [-0.25, -0.2) is 9.37 Å². The molecule has 1 heterocycles. The molecular weight excluding hydrogens is 309 g/mol. The number of hydrogen-bond acceptors (Lipinski definition) is 4. The molecule has 1 aromatic heterocycles. The van der Waals surface area contributed by atoms with Crippen LogP contribution in [0.3, 0.4) is 0 Å². The number of pyridine rings is 1. The van der Waals surface area contributed by atoms with Crippen LogP contribution in [-0.4, -0.2) is 16.4 Å². The molecule has 1 amide bonds. The Morgan fingerprint density at radius 1 is 1.29 bits per heavy atom. The Morgan fingerprint density at radius 3 is 2.58 bits per heavy atom. The van der Waals surface area contributed by atoms with Crippen LogP contribution < -0.4 is 15.8 Å². The van der Waals surface area contributed by atoms with Crippen molar-refractivity contribution >= 4 is 5.91 Å². The second-order valence-corrected chi connectivity index (χ2v) is 5.91.